The van der Waals surface area contributed by atoms with E-state index in [0.29, 0.717) is 23.1 Å². The summed E-state index contributed by atoms with van der Waals surface area (Å²) in [4.78, 5) is 25.6. The van der Waals surface area contributed by atoms with E-state index >= 15 is 0 Å². The van der Waals surface area contributed by atoms with Crippen molar-refractivity contribution < 1.29 is 22.4 Å². The fraction of sp³-hybridized carbons (Fsp3) is 0.300. The average molecular weight is 483 g/mol. The molecule has 154 valence electrons. The number of amides is 2. The summed E-state index contributed by atoms with van der Waals surface area (Å²) in [5, 5.41) is 1.41. The molecule has 6 nitrogen and oxygen atoms in total. The fourth-order valence-corrected chi connectivity index (χ4v) is 5.01. The van der Waals surface area contributed by atoms with Crippen LogP contribution in [-0.4, -0.2) is 32.0 Å². The molecule has 1 N–H and O–H groups in total. The smallest absolute Gasteiger partial charge is 0.225 e. The van der Waals surface area contributed by atoms with E-state index in [1.165, 1.54) is 32.0 Å². The highest BCUT2D eigenvalue weighted by molar-refractivity contribution is 9.10. The van der Waals surface area contributed by atoms with Crippen LogP contribution in [0.1, 0.15) is 25.8 Å². The van der Waals surface area contributed by atoms with Crippen molar-refractivity contribution in [2.45, 2.75) is 36.8 Å². The molecule has 0 aromatic heterocycles. The lowest BCUT2D eigenvalue weighted by Crippen LogP contribution is -2.26. The summed E-state index contributed by atoms with van der Waals surface area (Å²) < 4.78 is 40.2. The maximum absolute atomic E-state index is 13.9. The third kappa shape index (κ3) is 4.51. The van der Waals surface area contributed by atoms with Gasteiger partial charge in [-0.2, -0.15) is 0 Å². The van der Waals surface area contributed by atoms with E-state index in [1.54, 1.807) is 23.1 Å². The third-order valence-electron chi connectivity index (χ3n) is 4.86. The zero-order valence-electron chi connectivity index (χ0n) is 15.9. The van der Waals surface area contributed by atoms with Crippen molar-refractivity contribution in [1.82, 2.24) is 0 Å². The van der Waals surface area contributed by atoms with Gasteiger partial charge in [0.2, 0.25) is 11.8 Å². The maximum Gasteiger partial charge on any atom is 0.225 e. The quantitative estimate of drug-likeness (QED) is 0.704. The molecule has 2 aromatic rings. The second-order valence-corrected chi connectivity index (χ2v) is 10.2. The highest BCUT2D eigenvalue weighted by Gasteiger charge is 2.29. The Labute approximate surface area is 177 Å². The predicted molar refractivity (Wildman–Crippen MR) is 112 cm³/mol. The largest absolute Gasteiger partial charge is 0.324 e. The Morgan fingerprint density at radius 3 is 2.62 bits per heavy atom. The topological polar surface area (TPSA) is 83.6 Å². The van der Waals surface area contributed by atoms with Gasteiger partial charge in [0.05, 0.1) is 15.8 Å². The van der Waals surface area contributed by atoms with Crippen LogP contribution in [0, 0.1) is 5.82 Å². The Kier molecular flexibility index (Phi) is 6.09. The van der Waals surface area contributed by atoms with Gasteiger partial charge in [0.1, 0.15) is 5.82 Å². The van der Waals surface area contributed by atoms with Crippen LogP contribution in [0.15, 0.2) is 45.8 Å². The number of sulfone groups is 1. The summed E-state index contributed by atoms with van der Waals surface area (Å²) >= 11 is 3.13. The fourth-order valence-electron chi connectivity index (χ4n) is 3.28. The van der Waals surface area contributed by atoms with Crippen molar-refractivity contribution in [3.63, 3.8) is 0 Å². The Balaban J connectivity index is 1.74. The van der Waals surface area contributed by atoms with E-state index in [2.05, 4.69) is 21.2 Å². The molecule has 9 heteroatoms. The monoisotopic (exact) mass is 482 g/mol. The van der Waals surface area contributed by atoms with Gasteiger partial charge in [0.15, 0.2) is 9.84 Å². The molecule has 1 unspecified atom stereocenters. The molecule has 0 radical (unpaired) electrons. The van der Waals surface area contributed by atoms with Crippen LogP contribution in [0.2, 0.25) is 0 Å². The molecule has 3 rings (SSSR count). The van der Waals surface area contributed by atoms with Crippen LogP contribution in [-0.2, 0) is 25.8 Å². The summed E-state index contributed by atoms with van der Waals surface area (Å²) in [6, 6.07) is 8.84. The van der Waals surface area contributed by atoms with Gasteiger partial charge >= 0.3 is 0 Å². The Morgan fingerprint density at radius 2 is 1.97 bits per heavy atom. The molecule has 29 heavy (non-hydrogen) atoms. The first kappa shape index (κ1) is 21.4. The maximum atomic E-state index is 13.9. The molecule has 0 spiro atoms. The first-order valence-electron chi connectivity index (χ1n) is 8.99. The summed E-state index contributed by atoms with van der Waals surface area (Å²) in [6.07, 6.45) is 0.268. The highest BCUT2D eigenvalue weighted by atomic mass is 79.9. The highest BCUT2D eigenvalue weighted by Crippen LogP contribution is 2.31. The molecule has 1 aliphatic rings. The number of anilines is 2. The van der Waals surface area contributed by atoms with Crippen molar-refractivity contribution >= 4 is 49.0 Å². The lowest BCUT2D eigenvalue weighted by atomic mass is 10.2. The SMILES string of the molecule is CC(=O)N1CCc2cc(S(=O)(=O)C(C)CC(=O)Nc3ccc(Br)cc3F)ccc21. The second kappa shape index (κ2) is 8.23. The van der Waals surface area contributed by atoms with Crippen molar-refractivity contribution in [1.29, 1.82) is 0 Å². The minimum absolute atomic E-state index is 0.00958. The van der Waals surface area contributed by atoms with Gasteiger partial charge in [-0.15, -0.1) is 0 Å². The molecule has 0 bridgehead atoms. The minimum atomic E-state index is -3.77. The molecular weight excluding hydrogens is 463 g/mol. The number of nitrogens with one attached hydrogen (secondary N) is 1. The lowest BCUT2D eigenvalue weighted by molar-refractivity contribution is -0.117. The van der Waals surface area contributed by atoms with Gasteiger partial charge in [0.25, 0.3) is 0 Å². The minimum Gasteiger partial charge on any atom is -0.324 e. The zero-order valence-corrected chi connectivity index (χ0v) is 18.3. The molecule has 2 aromatic carbocycles. The van der Waals surface area contributed by atoms with Crippen LogP contribution in [0.5, 0.6) is 0 Å². The summed E-state index contributed by atoms with van der Waals surface area (Å²) in [5.74, 6) is -1.30. The number of nitrogens with zero attached hydrogens (tertiary/aromatic N) is 1. The van der Waals surface area contributed by atoms with E-state index < -0.39 is 26.8 Å². The number of hydrogen-bond donors (Lipinski definition) is 1. The van der Waals surface area contributed by atoms with E-state index in [-0.39, 0.29) is 22.9 Å². The van der Waals surface area contributed by atoms with Gasteiger partial charge in [-0.05, 0) is 55.3 Å². The van der Waals surface area contributed by atoms with Crippen molar-refractivity contribution in [3.05, 3.63) is 52.3 Å². The molecule has 0 fully saturated rings. The molecule has 2 amide bonds. The molecule has 1 heterocycles. The van der Waals surface area contributed by atoms with Crippen molar-refractivity contribution in [3.8, 4) is 0 Å². The first-order valence-corrected chi connectivity index (χ1v) is 11.3. The number of rotatable bonds is 5. The third-order valence-corrected chi connectivity index (χ3v) is 7.49. The van der Waals surface area contributed by atoms with Gasteiger partial charge in [-0.1, -0.05) is 15.9 Å². The van der Waals surface area contributed by atoms with E-state index in [1.807, 2.05) is 0 Å². The van der Waals surface area contributed by atoms with Crippen LogP contribution in [0.3, 0.4) is 0 Å². The summed E-state index contributed by atoms with van der Waals surface area (Å²) in [6.45, 7) is 3.43. The summed E-state index contributed by atoms with van der Waals surface area (Å²) in [5.41, 5.74) is 1.49. The normalized spacial score (nSPS) is 14.4. The van der Waals surface area contributed by atoms with E-state index in [4.69, 9.17) is 0 Å². The van der Waals surface area contributed by atoms with Crippen LogP contribution in [0.4, 0.5) is 15.8 Å². The zero-order chi connectivity index (χ0) is 21.3. The van der Waals surface area contributed by atoms with Crippen LogP contribution < -0.4 is 10.2 Å². The Bertz CT molecular complexity index is 1090. The van der Waals surface area contributed by atoms with Gasteiger partial charge in [0, 0.05) is 30.0 Å². The average Bonchev–Trinajstić information content (AvgIpc) is 3.07. The first-order chi connectivity index (χ1) is 13.6. The van der Waals surface area contributed by atoms with Crippen molar-refractivity contribution in [2.75, 3.05) is 16.8 Å². The Morgan fingerprint density at radius 1 is 1.24 bits per heavy atom. The van der Waals surface area contributed by atoms with Gasteiger partial charge in [-0.3, -0.25) is 9.59 Å². The lowest BCUT2D eigenvalue weighted by Gasteiger charge is -2.16. The van der Waals surface area contributed by atoms with Crippen molar-refractivity contribution in [2.24, 2.45) is 0 Å². The number of carbonyl (C=O) groups excluding carboxylic acids is 2. The molecule has 0 saturated heterocycles. The second-order valence-electron chi connectivity index (χ2n) is 6.94. The Hall–Kier alpha value is -2.26. The van der Waals surface area contributed by atoms with E-state index in [0.717, 1.165) is 5.56 Å². The molecular formula is C20H20BrFN2O4S. The molecule has 1 aliphatic heterocycles. The number of carbonyl (C=O) groups is 2. The molecule has 1 atom stereocenters. The summed E-state index contributed by atoms with van der Waals surface area (Å²) in [7, 11) is -3.77. The standard InChI is InChI=1S/C20H20BrFN2O4S/c1-12(9-20(26)23-18-5-3-15(21)11-17(18)22)29(27,28)16-4-6-19-14(10-16)7-8-24(19)13(2)25/h3-6,10-12H,7-9H2,1-2H3,(H,23,26). The number of hydrogen-bond acceptors (Lipinski definition) is 4. The number of fused-ring (bicyclic) bond motifs is 1. The number of benzene rings is 2. The number of halogens is 2. The molecule has 0 saturated carbocycles. The van der Waals surface area contributed by atoms with E-state index in [9.17, 15) is 22.4 Å². The van der Waals surface area contributed by atoms with Crippen LogP contribution in [0.25, 0.3) is 0 Å². The van der Waals surface area contributed by atoms with Crippen LogP contribution >= 0.6 is 15.9 Å². The predicted octanol–water partition coefficient (Wildman–Crippen LogP) is 3.69. The molecule has 0 aliphatic carbocycles. The van der Waals surface area contributed by atoms with Gasteiger partial charge in [-0.25, -0.2) is 12.8 Å². The van der Waals surface area contributed by atoms with Gasteiger partial charge < -0.3 is 10.2 Å².